The van der Waals surface area contributed by atoms with Crippen molar-refractivity contribution in [3.63, 3.8) is 0 Å². The number of nitrogens with one attached hydrogen (secondary N) is 1. The van der Waals surface area contributed by atoms with E-state index in [1.807, 2.05) is 4.90 Å². The maximum absolute atomic E-state index is 12.6. The maximum Gasteiger partial charge on any atom is 0.255 e. The first kappa shape index (κ1) is 19.4. The quantitative estimate of drug-likeness (QED) is 0.815. The number of halogens is 1. The van der Waals surface area contributed by atoms with Gasteiger partial charge in [0.05, 0.1) is 10.6 Å². The van der Waals surface area contributed by atoms with Gasteiger partial charge in [0.15, 0.2) is 0 Å². The number of aromatic nitrogens is 1. The van der Waals surface area contributed by atoms with Crippen LogP contribution in [0.2, 0.25) is 5.02 Å². The van der Waals surface area contributed by atoms with Gasteiger partial charge in [0.1, 0.15) is 5.82 Å². The summed E-state index contributed by atoms with van der Waals surface area (Å²) in [6.07, 6.45) is 10.1. The van der Waals surface area contributed by atoms with Gasteiger partial charge in [-0.2, -0.15) is 0 Å². The van der Waals surface area contributed by atoms with Crippen LogP contribution in [0.5, 0.6) is 0 Å². The molecule has 5 nitrogen and oxygen atoms in total. The van der Waals surface area contributed by atoms with Crippen LogP contribution in [0.25, 0.3) is 0 Å². The monoisotopic (exact) mass is 378 g/mol. The Morgan fingerprint density at radius 3 is 2.54 bits per heavy atom. The predicted octanol–water partition coefficient (Wildman–Crippen LogP) is 3.90. The van der Waals surface area contributed by atoms with E-state index in [0.717, 1.165) is 39.0 Å². The first-order chi connectivity index (χ1) is 12.5. The molecule has 1 amide bonds. The molecule has 0 unspecified atom stereocenters. The summed E-state index contributed by atoms with van der Waals surface area (Å²) >= 11 is 6.44. The largest absolute Gasteiger partial charge is 0.368 e. The van der Waals surface area contributed by atoms with Gasteiger partial charge in [-0.25, -0.2) is 4.98 Å². The lowest BCUT2D eigenvalue weighted by Crippen LogP contribution is -2.37. The van der Waals surface area contributed by atoms with E-state index < -0.39 is 0 Å². The number of piperidine rings is 1. The average molecular weight is 379 g/mol. The summed E-state index contributed by atoms with van der Waals surface area (Å²) in [6, 6.07) is 1.76. The Kier molecular flexibility index (Phi) is 6.41. The number of likely N-dealkylation sites (tertiary alicyclic amines) is 1. The van der Waals surface area contributed by atoms with Crippen molar-refractivity contribution in [2.75, 3.05) is 45.6 Å². The first-order valence-corrected chi connectivity index (χ1v) is 10.2. The number of anilines is 1. The second-order valence-electron chi connectivity index (χ2n) is 8.21. The van der Waals surface area contributed by atoms with E-state index in [2.05, 4.69) is 29.3 Å². The van der Waals surface area contributed by atoms with Crippen LogP contribution >= 0.6 is 11.6 Å². The van der Waals surface area contributed by atoms with Gasteiger partial charge in [-0.05, 0) is 52.3 Å². The number of hydrogen-bond acceptors (Lipinski definition) is 4. The molecule has 26 heavy (non-hydrogen) atoms. The molecule has 1 saturated carbocycles. The zero-order valence-electron chi connectivity index (χ0n) is 16.1. The minimum absolute atomic E-state index is 0.0468. The molecule has 1 aromatic rings. The predicted molar refractivity (Wildman–Crippen MR) is 107 cm³/mol. The molecule has 0 radical (unpaired) electrons. The van der Waals surface area contributed by atoms with E-state index in [9.17, 15) is 4.79 Å². The third-order valence-corrected chi connectivity index (χ3v) is 5.97. The number of hydrogen-bond donors (Lipinski definition) is 1. The van der Waals surface area contributed by atoms with E-state index >= 15 is 0 Å². The molecule has 144 valence electrons. The highest BCUT2D eigenvalue weighted by atomic mass is 35.5. The molecule has 2 fully saturated rings. The topological polar surface area (TPSA) is 48.5 Å². The smallest absolute Gasteiger partial charge is 0.255 e. The number of amides is 1. The zero-order chi connectivity index (χ0) is 18.6. The van der Waals surface area contributed by atoms with Crippen LogP contribution in [0.1, 0.15) is 55.3 Å². The molecule has 1 aliphatic carbocycles. The summed E-state index contributed by atoms with van der Waals surface area (Å²) in [7, 11) is 4.26. The highest BCUT2D eigenvalue weighted by Crippen LogP contribution is 2.39. The molecule has 2 heterocycles. The van der Waals surface area contributed by atoms with Crippen molar-refractivity contribution in [3.05, 3.63) is 22.8 Å². The molecule has 6 heteroatoms. The maximum atomic E-state index is 12.6. The SMILES string of the molecule is CN(C)CC1(CNc2ncc(C(=O)N3CCCCC3)cc2Cl)CCCC1. The zero-order valence-corrected chi connectivity index (χ0v) is 16.8. The van der Waals surface area contributed by atoms with E-state index in [0.29, 0.717) is 16.4 Å². The van der Waals surface area contributed by atoms with Crippen LogP contribution in [0, 0.1) is 5.41 Å². The molecule has 0 aromatic carbocycles. The number of rotatable bonds is 6. The molecule has 0 atom stereocenters. The number of carbonyl (C=O) groups excluding carboxylic acids is 1. The van der Waals surface area contributed by atoms with Crippen LogP contribution in [0.4, 0.5) is 5.82 Å². The lowest BCUT2D eigenvalue weighted by atomic mass is 9.85. The molecular weight excluding hydrogens is 348 g/mol. The van der Waals surface area contributed by atoms with Gasteiger partial charge in [-0.15, -0.1) is 0 Å². The van der Waals surface area contributed by atoms with E-state index in [4.69, 9.17) is 11.6 Å². The Hall–Kier alpha value is -1.33. The standard InChI is InChI=1S/C20H31ClN4O/c1-24(2)15-20(8-4-5-9-20)14-23-18-17(21)12-16(13-22-18)19(26)25-10-6-3-7-11-25/h12-13H,3-11,14-15H2,1-2H3,(H,22,23). The van der Waals surface area contributed by atoms with Gasteiger partial charge in [-0.1, -0.05) is 24.4 Å². The Bertz CT molecular complexity index is 622. The van der Waals surface area contributed by atoms with Crippen molar-refractivity contribution in [2.45, 2.75) is 44.9 Å². The summed E-state index contributed by atoms with van der Waals surface area (Å²) in [5.41, 5.74) is 0.878. The summed E-state index contributed by atoms with van der Waals surface area (Å²) in [5.74, 6) is 0.734. The molecule has 1 aliphatic heterocycles. The normalized spacial score (nSPS) is 19.8. The summed E-state index contributed by atoms with van der Waals surface area (Å²) < 4.78 is 0. The Labute approximate surface area is 162 Å². The Morgan fingerprint density at radius 1 is 1.23 bits per heavy atom. The van der Waals surface area contributed by atoms with E-state index in [-0.39, 0.29) is 11.3 Å². The molecule has 1 N–H and O–H groups in total. The van der Waals surface area contributed by atoms with Gasteiger partial charge < -0.3 is 15.1 Å². The van der Waals surface area contributed by atoms with Gasteiger partial charge in [0, 0.05) is 37.8 Å². The molecular formula is C20H31ClN4O. The number of carbonyl (C=O) groups is 1. The van der Waals surface area contributed by atoms with Crippen molar-refractivity contribution < 1.29 is 4.79 Å². The third kappa shape index (κ3) is 4.68. The summed E-state index contributed by atoms with van der Waals surface area (Å²) in [4.78, 5) is 21.2. The van der Waals surface area contributed by atoms with E-state index in [1.54, 1.807) is 12.3 Å². The molecule has 3 rings (SSSR count). The minimum Gasteiger partial charge on any atom is -0.368 e. The highest BCUT2D eigenvalue weighted by Gasteiger charge is 2.34. The highest BCUT2D eigenvalue weighted by molar-refractivity contribution is 6.33. The fourth-order valence-electron chi connectivity index (χ4n) is 4.42. The lowest BCUT2D eigenvalue weighted by molar-refractivity contribution is 0.0724. The van der Waals surface area contributed by atoms with Crippen LogP contribution < -0.4 is 5.32 Å². The van der Waals surface area contributed by atoms with Crippen LogP contribution in [-0.2, 0) is 0 Å². The van der Waals surface area contributed by atoms with Crippen molar-refractivity contribution in [1.82, 2.24) is 14.8 Å². The average Bonchev–Trinajstić information content (AvgIpc) is 3.08. The summed E-state index contributed by atoms with van der Waals surface area (Å²) in [5, 5.41) is 3.99. The van der Waals surface area contributed by atoms with Crippen LogP contribution in [0.15, 0.2) is 12.3 Å². The van der Waals surface area contributed by atoms with Gasteiger partial charge >= 0.3 is 0 Å². The second-order valence-corrected chi connectivity index (χ2v) is 8.61. The van der Waals surface area contributed by atoms with Crippen molar-refractivity contribution >= 4 is 23.3 Å². The van der Waals surface area contributed by atoms with Crippen molar-refractivity contribution in [2.24, 2.45) is 5.41 Å². The van der Waals surface area contributed by atoms with Gasteiger partial charge in [-0.3, -0.25) is 4.79 Å². The number of nitrogens with zero attached hydrogens (tertiary/aromatic N) is 3. The molecule has 0 spiro atoms. The lowest BCUT2D eigenvalue weighted by Gasteiger charge is -2.32. The fraction of sp³-hybridized carbons (Fsp3) is 0.700. The van der Waals surface area contributed by atoms with Crippen molar-refractivity contribution in [1.29, 1.82) is 0 Å². The molecule has 1 saturated heterocycles. The van der Waals surface area contributed by atoms with Crippen LogP contribution in [-0.4, -0.2) is 61.0 Å². The molecule has 0 bridgehead atoms. The molecule has 2 aliphatic rings. The van der Waals surface area contributed by atoms with Gasteiger partial charge in [0.25, 0.3) is 5.91 Å². The number of pyridine rings is 1. The summed E-state index contributed by atoms with van der Waals surface area (Å²) in [6.45, 7) is 3.62. The third-order valence-electron chi connectivity index (χ3n) is 5.68. The van der Waals surface area contributed by atoms with Gasteiger partial charge in [0.2, 0.25) is 0 Å². The second kappa shape index (κ2) is 8.57. The van der Waals surface area contributed by atoms with Crippen molar-refractivity contribution in [3.8, 4) is 0 Å². The first-order valence-electron chi connectivity index (χ1n) is 9.83. The minimum atomic E-state index is 0.0468. The molecule has 1 aromatic heterocycles. The Balaban J connectivity index is 1.64. The van der Waals surface area contributed by atoms with Crippen LogP contribution in [0.3, 0.4) is 0 Å². The fourth-order valence-corrected chi connectivity index (χ4v) is 4.66. The Morgan fingerprint density at radius 2 is 1.92 bits per heavy atom. The van der Waals surface area contributed by atoms with E-state index in [1.165, 1.54) is 32.1 Å².